The second kappa shape index (κ2) is 6.66. The number of carboxylic acids is 1. The van der Waals surface area contributed by atoms with E-state index < -0.39 is 5.97 Å². The van der Waals surface area contributed by atoms with E-state index in [2.05, 4.69) is 4.98 Å². The number of amides is 1. The Morgan fingerprint density at radius 2 is 2.00 bits per heavy atom. The molecule has 1 aliphatic heterocycles. The highest BCUT2D eigenvalue weighted by Gasteiger charge is 2.46. The van der Waals surface area contributed by atoms with Gasteiger partial charge in [-0.05, 0) is 36.8 Å². The number of nitrogens with zero attached hydrogens (tertiary/aromatic N) is 3. The normalized spacial score (nSPS) is 26.9. The molecule has 2 heterocycles. The minimum Gasteiger partial charge on any atom is -0.480 e. The number of rotatable bonds is 5. The largest absolute Gasteiger partial charge is 0.480 e. The number of carboxylic acid groups (broad SMARTS) is 1. The van der Waals surface area contributed by atoms with E-state index in [1.54, 1.807) is 11.1 Å². The Labute approximate surface area is 136 Å². The van der Waals surface area contributed by atoms with Crippen molar-refractivity contribution in [3.05, 3.63) is 30.1 Å². The van der Waals surface area contributed by atoms with Crippen LogP contribution < -0.4 is 0 Å². The minimum atomic E-state index is -0.790. The van der Waals surface area contributed by atoms with E-state index in [0.717, 1.165) is 31.6 Å². The van der Waals surface area contributed by atoms with Crippen molar-refractivity contribution in [2.24, 2.45) is 17.8 Å². The summed E-state index contributed by atoms with van der Waals surface area (Å²) >= 11 is 0. The van der Waals surface area contributed by atoms with Crippen molar-refractivity contribution < 1.29 is 14.7 Å². The number of aliphatic carboxylic acids is 1. The monoisotopic (exact) mass is 317 g/mol. The van der Waals surface area contributed by atoms with E-state index in [0.29, 0.717) is 6.54 Å². The van der Waals surface area contributed by atoms with Gasteiger partial charge in [0.25, 0.3) is 0 Å². The molecule has 0 aromatic carbocycles. The molecule has 2 fully saturated rings. The summed E-state index contributed by atoms with van der Waals surface area (Å²) in [6.45, 7) is 2.04. The number of hydrogen-bond acceptors (Lipinski definition) is 4. The molecule has 2 unspecified atom stereocenters. The van der Waals surface area contributed by atoms with Crippen LogP contribution >= 0.6 is 0 Å². The fourth-order valence-corrected chi connectivity index (χ4v) is 4.11. The summed E-state index contributed by atoms with van der Waals surface area (Å²) in [4.78, 5) is 31.8. The summed E-state index contributed by atoms with van der Waals surface area (Å²) in [5, 5.41) is 8.96. The van der Waals surface area contributed by atoms with E-state index in [1.807, 2.05) is 30.1 Å². The summed E-state index contributed by atoms with van der Waals surface area (Å²) in [6, 6.07) is 5.71. The molecule has 124 valence electrons. The zero-order valence-electron chi connectivity index (χ0n) is 13.4. The van der Waals surface area contributed by atoms with Crippen LogP contribution in [-0.4, -0.2) is 58.4 Å². The Balaban J connectivity index is 1.63. The number of carbonyl (C=O) groups excluding carboxylic acids is 1. The predicted molar refractivity (Wildman–Crippen MR) is 84.5 cm³/mol. The van der Waals surface area contributed by atoms with Gasteiger partial charge >= 0.3 is 5.97 Å². The van der Waals surface area contributed by atoms with E-state index >= 15 is 0 Å². The second-order valence-electron chi connectivity index (χ2n) is 6.73. The molecule has 6 heteroatoms. The van der Waals surface area contributed by atoms with E-state index in [-0.39, 0.29) is 30.2 Å². The van der Waals surface area contributed by atoms with Gasteiger partial charge in [-0.1, -0.05) is 6.07 Å². The first-order valence-electron chi connectivity index (χ1n) is 8.13. The molecule has 1 N–H and O–H groups in total. The highest BCUT2D eigenvalue weighted by molar-refractivity contribution is 5.80. The molecule has 1 saturated heterocycles. The highest BCUT2D eigenvalue weighted by Crippen LogP contribution is 2.42. The molecule has 2 bridgehead atoms. The van der Waals surface area contributed by atoms with Gasteiger partial charge in [0, 0.05) is 32.3 Å². The maximum atomic E-state index is 12.9. The number of aromatic nitrogens is 1. The maximum Gasteiger partial charge on any atom is 0.317 e. The lowest BCUT2D eigenvalue weighted by molar-refractivity contribution is -0.141. The predicted octanol–water partition coefficient (Wildman–Crippen LogP) is 1.08. The lowest BCUT2D eigenvalue weighted by Crippen LogP contribution is -2.49. The lowest BCUT2D eigenvalue weighted by atomic mass is 9.84. The van der Waals surface area contributed by atoms with Crippen LogP contribution in [0.4, 0.5) is 0 Å². The third-order valence-corrected chi connectivity index (χ3v) is 5.05. The standard InChI is InChI=1S/C17H23N3O3/c1-19(10-14-4-2-3-7-18-14)17(23)16-12-5-6-13(16)9-20(8-12)11-15(21)22/h2-4,7,12-13,16H,5-6,8-11H2,1H3,(H,21,22). The molecule has 1 aromatic heterocycles. The Morgan fingerprint density at radius 1 is 1.30 bits per heavy atom. The number of fused-ring (bicyclic) bond motifs is 2. The molecule has 1 amide bonds. The maximum absolute atomic E-state index is 12.9. The zero-order valence-corrected chi connectivity index (χ0v) is 13.4. The van der Waals surface area contributed by atoms with Gasteiger partial charge in [-0.15, -0.1) is 0 Å². The van der Waals surface area contributed by atoms with E-state index in [9.17, 15) is 9.59 Å². The summed E-state index contributed by atoms with van der Waals surface area (Å²) in [7, 11) is 1.83. The van der Waals surface area contributed by atoms with Gasteiger partial charge in [-0.3, -0.25) is 19.5 Å². The number of likely N-dealkylation sites (tertiary alicyclic amines) is 1. The van der Waals surface area contributed by atoms with Gasteiger partial charge in [0.1, 0.15) is 0 Å². The fourth-order valence-electron chi connectivity index (χ4n) is 4.11. The Bertz CT molecular complexity index is 564. The quantitative estimate of drug-likeness (QED) is 0.880. The molecule has 1 aromatic rings. The van der Waals surface area contributed by atoms with Crippen molar-refractivity contribution in [2.45, 2.75) is 19.4 Å². The summed E-state index contributed by atoms with van der Waals surface area (Å²) < 4.78 is 0. The number of pyridine rings is 1. The smallest absolute Gasteiger partial charge is 0.317 e. The van der Waals surface area contributed by atoms with Crippen molar-refractivity contribution in [3.8, 4) is 0 Å². The molecule has 3 rings (SSSR count). The summed E-state index contributed by atoms with van der Waals surface area (Å²) in [6.07, 6.45) is 3.78. The number of hydrogen-bond donors (Lipinski definition) is 1. The molecule has 2 atom stereocenters. The van der Waals surface area contributed by atoms with Gasteiger partial charge in [0.05, 0.1) is 18.8 Å². The first-order chi connectivity index (χ1) is 11.0. The molecular formula is C17H23N3O3. The van der Waals surface area contributed by atoms with E-state index in [1.165, 1.54) is 0 Å². The Morgan fingerprint density at radius 3 is 2.57 bits per heavy atom. The molecule has 0 radical (unpaired) electrons. The van der Waals surface area contributed by atoms with Crippen LogP contribution in [-0.2, 0) is 16.1 Å². The van der Waals surface area contributed by atoms with Crippen molar-refractivity contribution >= 4 is 11.9 Å². The van der Waals surface area contributed by atoms with Crippen LogP contribution in [0.1, 0.15) is 18.5 Å². The van der Waals surface area contributed by atoms with Crippen LogP contribution in [0.3, 0.4) is 0 Å². The number of piperidine rings is 1. The van der Waals surface area contributed by atoms with Crippen molar-refractivity contribution in [2.75, 3.05) is 26.7 Å². The second-order valence-corrected chi connectivity index (χ2v) is 6.73. The minimum absolute atomic E-state index is 0.0359. The van der Waals surface area contributed by atoms with E-state index in [4.69, 9.17) is 5.11 Å². The Kier molecular flexibility index (Phi) is 4.61. The molecule has 1 aliphatic carbocycles. The zero-order chi connectivity index (χ0) is 16.4. The highest BCUT2D eigenvalue weighted by atomic mass is 16.4. The first kappa shape index (κ1) is 15.9. The van der Waals surface area contributed by atoms with Crippen molar-refractivity contribution in [3.63, 3.8) is 0 Å². The van der Waals surface area contributed by atoms with Gasteiger partial charge in [-0.2, -0.15) is 0 Å². The molecule has 0 spiro atoms. The van der Waals surface area contributed by atoms with Crippen LogP contribution in [0, 0.1) is 17.8 Å². The molecule has 2 aliphatic rings. The molecule has 6 nitrogen and oxygen atoms in total. The van der Waals surface area contributed by atoms with Crippen LogP contribution in [0.15, 0.2) is 24.4 Å². The SMILES string of the molecule is CN(Cc1ccccn1)C(=O)C1C2CCC1CN(CC(=O)O)C2. The summed E-state index contributed by atoms with van der Waals surface area (Å²) in [5.41, 5.74) is 0.888. The Hall–Kier alpha value is -1.95. The first-order valence-corrected chi connectivity index (χ1v) is 8.13. The molecular weight excluding hydrogens is 294 g/mol. The molecule has 1 saturated carbocycles. The third-order valence-electron chi connectivity index (χ3n) is 5.05. The van der Waals surface area contributed by atoms with Crippen LogP contribution in [0.25, 0.3) is 0 Å². The average molecular weight is 317 g/mol. The molecule has 23 heavy (non-hydrogen) atoms. The third kappa shape index (κ3) is 3.52. The summed E-state index contributed by atoms with van der Waals surface area (Å²) in [5.74, 6) is -0.00750. The lowest BCUT2D eigenvalue weighted by Gasteiger charge is -2.38. The van der Waals surface area contributed by atoms with Gasteiger partial charge in [0.2, 0.25) is 5.91 Å². The van der Waals surface area contributed by atoms with Crippen LogP contribution in [0.2, 0.25) is 0 Å². The van der Waals surface area contributed by atoms with Crippen molar-refractivity contribution in [1.82, 2.24) is 14.8 Å². The average Bonchev–Trinajstić information content (AvgIpc) is 2.78. The van der Waals surface area contributed by atoms with Gasteiger partial charge in [0.15, 0.2) is 0 Å². The topological polar surface area (TPSA) is 73.7 Å². The van der Waals surface area contributed by atoms with Gasteiger partial charge in [-0.25, -0.2) is 0 Å². The van der Waals surface area contributed by atoms with Gasteiger partial charge < -0.3 is 10.0 Å². The fraction of sp³-hybridized carbons (Fsp3) is 0.588. The van der Waals surface area contributed by atoms with Crippen LogP contribution in [0.5, 0.6) is 0 Å². The van der Waals surface area contributed by atoms with Crippen molar-refractivity contribution in [1.29, 1.82) is 0 Å². The number of carbonyl (C=O) groups is 2.